The van der Waals surface area contributed by atoms with Crippen LogP contribution >= 0.6 is 11.6 Å². The molecule has 2 aromatic rings. The Morgan fingerprint density at radius 2 is 1.76 bits per heavy atom. The van der Waals surface area contributed by atoms with Crippen LogP contribution < -0.4 is 10.1 Å². The Labute approximate surface area is 178 Å². The van der Waals surface area contributed by atoms with Crippen molar-refractivity contribution in [2.45, 2.75) is 39.8 Å². The summed E-state index contributed by atoms with van der Waals surface area (Å²) in [7, 11) is 1.60. The van der Waals surface area contributed by atoms with Crippen molar-refractivity contribution in [2.24, 2.45) is 5.92 Å². The summed E-state index contributed by atoms with van der Waals surface area (Å²) in [5.74, 6) is 0.741. The molecule has 2 amide bonds. The second-order valence-corrected chi connectivity index (χ2v) is 7.93. The number of nitrogens with one attached hydrogen (secondary N) is 1. The highest BCUT2D eigenvalue weighted by Gasteiger charge is 2.26. The minimum atomic E-state index is -0.605. The highest BCUT2D eigenvalue weighted by molar-refractivity contribution is 6.30. The van der Waals surface area contributed by atoms with Gasteiger partial charge in [0.1, 0.15) is 11.8 Å². The minimum absolute atomic E-state index is 0.137. The van der Waals surface area contributed by atoms with Gasteiger partial charge >= 0.3 is 0 Å². The number of benzene rings is 2. The van der Waals surface area contributed by atoms with Crippen LogP contribution in [0.2, 0.25) is 5.02 Å². The van der Waals surface area contributed by atoms with E-state index in [1.165, 1.54) is 0 Å². The number of ether oxygens (including phenoxy) is 1. The Hall–Kier alpha value is -2.53. The Kier molecular flexibility index (Phi) is 8.52. The molecule has 0 unspecified atom stereocenters. The predicted octanol–water partition coefficient (Wildman–Crippen LogP) is 4.08. The van der Waals surface area contributed by atoms with Crippen molar-refractivity contribution >= 4 is 23.4 Å². The molecule has 0 fully saturated rings. The third-order valence-corrected chi connectivity index (χ3v) is 4.82. The molecule has 0 aromatic heterocycles. The fourth-order valence-electron chi connectivity index (χ4n) is 2.93. The van der Waals surface area contributed by atoms with E-state index in [1.54, 1.807) is 31.1 Å². The van der Waals surface area contributed by atoms with Crippen molar-refractivity contribution in [3.05, 3.63) is 64.7 Å². The molecule has 2 aromatic carbocycles. The first-order valence-corrected chi connectivity index (χ1v) is 10.1. The molecular formula is C23H29ClN2O3. The fraction of sp³-hybridized carbons (Fsp3) is 0.391. The first-order valence-electron chi connectivity index (χ1n) is 9.74. The monoisotopic (exact) mass is 416 g/mol. The van der Waals surface area contributed by atoms with E-state index in [4.69, 9.17) is 16.3 Å². The van der Waals surface area contributed by atoms with Crippen molar-refractivity contribution in [1.82, 2.24) is 10.2 Å². The average molecular weight is 417 g/mol. The Bertz CT molecular complexity index is 838. The van der Waals surface area contributed by atoms with Gasteiger partial charge in [0.05, 0.1) is 13.5 Å². The first-order chi connectivity index (χ1) is 13.8. The molecule has 0 radical (unpaired) electrons. The number of rotatable bonds is 9. The van der Waals surface area contributed by atoms with Crippen LogP contribution in [0.5, 0.6) is 5.75 Å². The first kappa shape index (κ1) is 22.8. The summed E-state index contributed by atoms with van der Waals surface area (Å²) in [5, 5.41) is 3.50. The molecule has 0 saturated carbocycles. The normalized spacial score (nSPS) is 11.8. The molecule has 0 aliphatic carbocycles. The molecule has 6 heteroatoms. The molecule has 0 spiro atoms. The number of carbonyl (C=O) groups excluding carboxylic acids is 2. The average Bonchev–Trinajstić information content (AvgIpc) is 2.69. The molecule has 0 bridgehead atoms. The number of hydrogen-bond donors (Lipinski definition) is 1. The molecule has 0 saturated heterocycles. The molecule has 0 heterocycles. The molecule has 1 N–H and O–H groups in total. The number of methoxy groups -OCH3 is 1. The highest BCUT2D eigenvalue weighted by atomic mass is 35.5. The van der Waals surface area contributed by atoms with Gasteiger partial charge in [0.2, 0.25) is 11.8 Å². The number of hydrogen-bond acceptors (Lipinski definition) is 3. The largest absolute Gasteiger partial charge is 0.497 e. The second kappa shape index (κ2) is 10.9. The third kappa shape index (κ3) is 7.09. The SMILES string of the molecule is COc1cccc(CN(C(=O)Cc2cccc(Cl)c2)[C@@H](C)C(=O)NCC(C)C)c1. The zero-order valence-corrected chi connectivity index (χ0v) is 18.2. The van der Waals surface area contributed by atoms with Crippen molar-refractivity contribution in [3.63, 3.8) is 0 Å². The lowest BCUT2D eigenvalue weighted by Gasteiger charge is -2.29. The molecule has 156 valence electrons. The van der Waals surface area contributed by atoms with Crippen molar-refractivity contribution in [1.29, 1.82) is 0 Å². The number of halogens is 1. The van der Waals surface area contributed by atoms with Crippen LogP contribution in [0.1, 0.15) is 31.9 Å². The lowest BCUT2D eigenvalue weighted by molar-refractivity contribution is -0.140. The van der Waals surface area contributed by atoms with Crippen LogP contribution in [0, 0.1) is 5.92 Å². The van der Waals surface area contributed by atoms with Gasteiger partial charge in [-0.2, -0.15) is 0 Å². The van der Waals surface area contributed by atoms with Crippen LogP contribution in [-0.2, 0) is 22.6 Å². The lowest BCUT2D eigenvalue weighted by atomic mass is 10.1. The van der Waals surface area contributed by atoms with Gasteiger partial charge in [-0.15, -0.1) is 0 Å². The molecule has 5 nitrogen and oxygen atoms in total. The van der Waals surface area contributed by atoms with E-state index in [0.717, 1.165) is 11.1 Å². The van der Waals surface area contributed by atoms with Gasteiger partial charge in [0, 0.05) is 18.1 Å². The van der Waals surface area contributed by atoms with Gasteiger partial charge in [-0.05, 0) is 48.2 Å². The molecule has 2 rings (SSSR count). The summed E-state index contributed by atoms with van der Waals surface area (Å²) < 4.78 is 5.28. The van der Waals surface area contributed by atoms with Crippen LogP contribution in [-0.4, -0.2) is 36.4 Å². The second-order valence-electron chi connectivity index (χ2n) is 7.49. The number of carbonyl (C=O) groups is 2. The summed E-state index contributed by atoms with van der Waals surface area (Å²) >= 11 is 6.05. The zero-order valence-electron chi connectivity index (χ0n) is 17.4. The summed E-state index contributed by atoms with van der Waals surface area (Å²) in [4.78, 5) is 27.4. The fourth-order valence-corrected chi connectivity index (χ4v) is 3.14. The van der Waals surface area contributed by atoms with E-state index in [-0.39, 0.29) is 18.2 Å². The number of nitrogens with zero attached hydrogens (tertiary/aromatic N) is 1. The molecule has 1 atom stereocenters. The quantitative estimate of drug-likeness (QED) is 0.670. The van der Waals surface area contributed by atoms with Gasteiger partial charge in [0.15, 0.2) is 0 Å². The maximum absolute atomic E-state index is 13.1. The standard InChI is InChI=1S/C23H29ClN2O3/c1-16(2)14-25-23(28)17(3)26(15-19-8-6-10-21(12-19)29-4)22(27)13-18-7-5-9-20(24)11-18/h5-12,16-17H,13-15H2,1-4H3,(H,25,28)/t17-/m0/s1. The summed E-state index contributed by atoms with van der Waals surface area (Å²) in [6.45, 7) is 6.70. The van der Waals surface area contributed by atoms with E-state index < -0.39 is 6.04 Å². The van der Waals surface area contributed by atoms with Crippen LogP contribution in [0.3, 0.4) is 0 Å². The van der Waals surface area contributed by atoms with Gasteiger partial charge < -0.3 is 15.0 Å². The minimum Gasteiger partial charge on any atom is -0.497 e. The van der Waals surface area contributed by atoms with Gasteiger partial charge in [0.25, 0.3) is 0 Å². The van der Waals surface area contributed by atoms with Gasteiger partial charge in [-0.3, -0.25) is 9.59 Å². The summed E-state index contributed by atoms with van der Waals surface area (Å²) in [6, 6.07) is 14.1. The molecule has 29 heavy (non-hydrogen) atoms. The van der Waals surface area contributed by atoms with E-state index >= 15 is 0 Å². The van der Waals surface area contributed by atoms with Crippen LogP contribution in [0.15, 0.2) is 48.5 Å². The van der Waals surface area contributed by atoms with Crippen molar-refractivity contribution < 1.29 is 14.3 Å². The Balaban J connectivity index is 2.23. The Morgan fingerprint density at radius 3 is 2.41 bits per heavy atom. The Morgan fingerprint density at radius 1 is 1.07 bits per heavy atom. The van der Waals surface area contributed by atoms with Crippen LogP contribution in [0.4, 0.5) is 0 Å². The van der Waals surface area contributed by atoms with Gasteiger partial charge in [-0.25, -0.2) is 0 Å². The smallest absolute Gasteiger partial charge is 0.242 e. The lowest BCUT2D eigenvalue weighted by Crippen LogP contribution is -2.48. The zero-order chi connectivity index (χ0) is 21.4. The predicted molar refractivity (Wildman–Crippen MR) is 116 cm³/mol. The topological polar surface area (TPSA) is 58.6 Å². The van der Waals surface area contributed by atoms with E-state index in [2.05, 4.69) is 5.32 Å². The highest BCUT2D eigenvalue weighted by Crippen LogP contribution is 2.18. The van der Waals surface area contributed by atoms with Crippen molar-refractivity contribution in [2.75, 3.05) is 13.7 Å². The van der Waals surface area contributed by atoms with Crippen LogP contribution in [0.25, 0.3) is 0 Å². The van der Waals surface area contributed by atoms with E-state index in [9.17, 15) is 9.59 Å². The van der Waals surface area contributed by atoms with E-state index in [0.29, 0.717) is 29.8 Å². The van der Waals surface area contributed by atoms with Crippen molar-refractivity contribution in [3.8, 4) is 5.75 Å². The third-order valence-electron chi connectivity index (χ3n) is 4.58. The summed E-state index contributed by atoms with van der Waals surface area (Å²) in [6.07, 6.45) is 0.173. The maximum atomic E-state index is 13.1. The molecule has 0 aliphatic heterocycles. The molecule has 0 aliphatic rings. The van der Waals surface area contributed by atoms with E-state index in [1.807, 2.05) is 50.2 Å². The molecular weight excluding hydrogens is 388 g/mol. The number of amides is 2. The summed E-state index contributed by atoms with van der Waals surface area (Å²) in [5.41, 5.74) is 1.71. The van der Waals surface area contributed by atoms with Gasteiger partial charge in [-0.1, -0.05) is 49.7 Å². The maximum Gasteiger partial charge on any atom is 0.242 e.